The summed E-state index contributed by atoms with van der Waals surface area (Å²) in [5.41, 5.74) is 1.33. The van der Waals surface area contributed by atoms with Crippen LogP contribution in [0.4, 0.5) is 0 Å². The number of hydrogen-bond acceptors (Lipinski definition) is 0. The van der Waals surface area contributed by atoms with Crippen molar-refractivity contribution >= 4 is 34.8 Å². The van der Waals surface area contributed by atoms with Gasteiger partial charge in [0, 0.05) is 0 Å². The van der Waals surface area contributed by atoms with E-state index in [0.29, 0.717) is 0 Å². The average molecular weight is 423 g/mol. The lowest BCUT2D eigenvalue weighted by Gasteiger charge is -2.28. The smallest absolute Gasteiger partial charge is 0.123 e. The molecule has 4 aromatic rings. The molecule has 0 nitrogen and oxygen atoms in total. The number of hydrogen-bond donors (Lipinski definition) is 0. The van der Waals surface area contributed by atoms with E-state index >= 15 is 0 Å². The van der Waals surface area contributed by atoms with Crippen molar-refractivity contribution in [2.45, 2.75) is 6.16 Å². The fourth-order valence-corrected chi connectivity index (χ4v) is 8.54. The van der Waals surface area contributed by atoms with Crippen molar-refractivity contribution in [3.63, 3.8) is 0 Å². The maximum atomic E-state index is 6.80. The Labute approximate surface area is 179 Å². The third kappa shape index (κ3) is 4.01. The largest absolute Gasteiger partial charge is 1.00 e. The monoisotopic (exact) mass is 422 g/mol. The maximum Gasteiger partial charge on any atom is 0.123 e. The summed E-state index contributed by atoms with van der Waals surface area (Å²) in [6, 6.07) is 40.8. The molecule has 4 rings (SSSR count). The first-order chi connectivity index (χ1) is 13.3. The second kappa shape index (κ2) is 9.39. The molecule has 0 saturated carbocycles. The molecule has 4 aromatic carbocycles. The molecule has 0 bridgehead atoms. The Morgan fingerprint density at radius 1 is 0.536 bits per heavy atom. The van der Waals surface area contributed by atoms with Gasteiger partial charge in [-0.2, -0.15) is 0 Å². The highest BCUT2D eigenvalue weighted by Crippen LogP contribution is 2.59. The highest BCUT2D eigenvalue weighted by atomic mass is 35.5. The van der Waals surface area contributed by atoms with Crippen molar-refractivity contribution in [1.29, 1.82) is 0 Å². The van der Waals surface area contributed by atoms with Gasteiger partial charge < -0.3 is 12.4 Å². The molecule has 0 aliphatic rings. The van der Waals surface area contributed by atoms with Gasteiger partial charge in [-0.15, -0.1) is 0 Å². The van der Waals surface area contributed by atoms with Crippen LogP contribution in [0.15, 0.2) is 115 Å². The zero-order valence-corrected chi connectivity index (χ0v) is 17.8. The van der Waals surface area contributed by atoms with E-state index in [4.69, 9.17) is 11.6 Å². The van der Waals surface area contributed by atoms with Gasteiger partial charge in [-0.1, -0.05) is 90.5 Å². The SMILES string of the molecule is Clc1ccccc1[P+](Cc1ccccc1)(c1ccccc1)c1ccccc1.[Cl-]. The molecule has 0 atom stereocenters. The average Bonchev–Trinajstić information content (AvgIpc) is 2.75. The number of halogens is 2. The van der Waals surface area contributed by atoms with E-state index in [2.05, 4.69) is 103 Å². The summed E-state index contributed by atoms with van der Waals surface area (Å²) in [4.78, 5) is 0. The van der Waals surface area contributed by atoms with Gasteiger partial charge in [-0.25, -0.2) is 0 Å². The summed E-state index contributed by atoms with van der Waals surface area (Å²) in [6.45, 7) is 0. The van der Waals surface area contributed by atoms with Crippen LogP contribution >= 0.6 is 18.9 Å². The Bertz CT molecular complexity index is 963. The van der Waals surface area contributed by atoms with Crippen LogP contribution in [-0.2, 0) is 6.16 Å². The normalized spacial score (nSPS) is 10.9. The van der Waals surface area contributed by atoms with E-state index < -0.39 is 7.26 Å². The van der Waals surface area contributed by atoms with Gasteiger partial charge in [0.15, 0.2) is 0 Å². The Morgan fingerprint density at radius 3 is 1.46 bits per heavy atom. The summed E-state index contributed by atoms with van der Waals surface area (Å²) in [6.07, 6.45) is 0.950. The third-order valence-corrected chi connectivity index (χ3v) is 9.79. The van der Waals surface area contributed by atoms with E-state index in [-0.39, 0.29) is 12.4 Å². The lowest BCUT2D eigenvalue weighted by Crippen LogP contribution is -3.00. The van der Waals surface area contributed by atoms with Gasteiger partial charge in [0.2, 0.25) is 0 Å². The molecule has 0 aliphatic carbocycles. The predicted molar refractivity (Wildman–Crippen MR) is 120 cm³/mol. The van der Waals surface area contributed by atoms with Crippen LogP contribution in [-0.4, -0.2) is 0 Å². The minimum absolute atomic E-state index is 0. The predicted octanol–water partition coefficient (Wildman–Crippen LogP) is 2.84. The second-order valence-corrected chi connectivity index (χ2v) is 10.4. The van der Waals surface area contributed by atoms with Gasteiger partial charge in [0.05, 0.1) is 11.2 Å². The molecule has 0 heterocycles. The van der Waals surface area contributed by atoms with Gasteiger partial charge in [0.25, 0.3) is 0 Å². The second-order valence-electron chi connectivity index (χ2n) is 6.58. The first-order valence-corrected chi connectivity index (χ1v) is 11.4. The molecule has 0 fully saturated rings. The van der Waals surface area contributed by atoms with Crippen LogP contribution in [0.1, 0.15) is 5.56 Å². The van der Waals surface area contributed by atoms with Crippen molar-refractivity contribution in [2.75, 3.05) is 0 Å². The molecule has 0 radical (unpaired) electrons. The van der Waals surface area contributed by atoms with Crippen LogP contribution in [0.2, 0.25) is 5.02 Å². The highest BCUT2D eigenvalue weighted by molar-refractivity contribution is 7.95. The van der Waals surface area contributed by atoms with Crippen molar-refractivity contribution < 1.29 is 12.4 Å². The standard InChI is InChI=1S/C25H21ClP.ClH/c26-24-18-10-11-19-25(24)27(22-14-6-2-7-15-22,23-16-8-3-9-17-23)20-21-12-4-1-5-13-21;/h1-19H,20H2;1H/q+1;/p-1. The molecule has 140 valence electrons. The summed E-state index contributed by atoms with van der Waals surface area (Å²) in [5, 5.41) is 4.80. The zero-order valence-electron chi connectivity index (χ0n) is 15.4. The van der Waals surface area contributed by atoms with Crippen molar-refractivity contribution in [3.05, 3.63) is 126 Å². The summed E-state index contributed by atoms with van der Waals surface area (Å²) in [5.74, 6) is 0. The first-order valence-electron chi connectivity index (χ1n) is 9.09. The van der Waals surface area contributed by atoms with E-state index in [1.165, 1.54) is 21.5 Å². The van der Waals surface area contributed by atoms with E-state index in [9.17, 15) is 0 Å². The molecule has 0 aliphatic heterocycles. The maximum absolute atomic E-state index is 6.80. The molecular formula is C25H21Cl2P. The molecule has 0 amide bonds. The van der Waals surface area contributed by atoms with Crippen LogP contribution < -0.4 is 28.3 Å². The third-order valence-electron chi connectivity index (χ3n) is 4.92. The molecule has 0 N–H and O–H groups in total. The number of benzene rings is 4. The molecule has 0 spiro atoms. The minimum Gasteiger partial charge on any atom is -1.00 e. The van der Waals surface area contributed by atoms with E-state index in [1.54, 1.807) is 0 Å². The first kappa shape index (κ1) is 20.6. The summed E-state index contributed by atoms with van der Waals surface area (Å²) >= 11 is 6.80. The minimum atomic E-state index is -1.94. The summed E-state index contributed by atoms with van der Waals surface area (Å²) < 4.78 is 0. The Hall–Kier alpha value is -2.11. The fraction of sp³-hybridized carbons (Fsp3) is 0.0400. The zero-order chi connectivity index (χ0) is 18.5. The van der Waals surface area contributed by atoms with Crippen molar-refractivity contribution in [3.8, 4) is 0 Å². The number of rotatable bonds is 5. The fourth-order valence-electron chi connectivity index (χ4n) is 3.68. The van der Waals surface area contributed by atoms with Crippen molar-refractivity contribution in [2.24, 2.45) is 0 Å². The van der Waals surface area contributed by atoms with Crippen LogP contribution in [0, 0.1) is 0 Å². The van der Waals surface area contributed by atoms with Gasteiger partial charge in [0.1, 0.15) is 23.2 Å². The molecule has 3 heteroatoms. The lowest BCUT2D eigenvalue weighted by molar-refractivity contribution is -0.00000513. The van der Waals surface area contributed by atoms with Crippen LogP contribution in [0.5, 0.6) is 0 Å². The molecule has 0 unspecified atom stereocenters. The quantitative estimate of drug-likeness (QED) is 0.433. The van der Waals surface area contributed by atoms with Crippen LogP contribution in [0.3, 0.4) is 0 Å². The molecule has 0 aromatic heterocycles. The van der Waals surface area contributed by atoms with Crippen molar-refractivity contribution in [1.82, 2.24) is 0 Å². The highest BCUT2D eigenvalue weighted by Gasteiger charge is 2.46. The van der Waals surface area contributed by atoms with Gasteiger partial charge >= 0.3 is 0 Å². The molecule has 0 saturated heterocycles. The Balaban J connectivity index is 0.00000225. The topological polar surface area (TPSA) is 0 Å². The van der Waals surface area contributed by atoms with Gasteiger partial charge in [-0.3, -0.25) is 0 Å². The lowest BCUT2D eigenvalue weighted by atomic mass is 10.2. The Morgan fingerprint density at radius 2 is 0.964 bits per heavy atom. The Kier molecular flexibility index (Phi) is 6.92. The van der Waals surface area contributed by atoms with Crippen LogP contribution in [0.25, 0.3) is 0 Å². The van der Waals surface area contributed by atoms with Gasteiger partial charge in [-0.05, 0) is 42.0 Å². The molecule has 28 heavy (non-hydrogen) atoms. The van der Waals surface area contributed by atoms with E-state index in [0.717, 1.165) is 11.2 Å². The molecular weight excluding hydrogens is 402 g/mol. The summed E-state index contributed by atoms with van der Waals surface area (Å²) in [7, 11) is -1.94. The van der Waals surface area contributed by atoms with E-state index in [1.807, 2.05) is 12.1 Å².